The number of benzene rings is 1. The molecule has 0 saturated carbocycles. The highest BCUT2D eigenvalue weighted by atomic mass is 79.9. The van der Waals surface area contributed by atoms with Crippen LogP contribution in [0.2, 0.25) is 5.02 Å². The number of rotatable bonds is 5. The molecule has 1 aromatic carbocycles. The van der Waals surface area contributed by atoms with Gasteiger partial charge in [0.2, 0.25) is 0 Å². The first-order valence-electron chi connectivity index (χ1n) is 5.96. The van der Waals surface area contributed by atoms with Crippen molar-refractivity contribution >= 4 is 27.5 Å². The molecule has 1 unspecified atom stereocenters. The van der Waals surface area contributed by atoms with E-state index in [1.807, 2.05) is 36.1 Å². The van der Waals surface area contributed by atoms with Gasteiger partial charge in [-0.25, -0.2) is 0 Å². The quantitative estimate of drug-likeness (QED) is 0.762. The summed E-state index contributed by atoms with van der Waals surface area (Å²) < 4.78 is 1.85. The van der Waals surface area contributed by atoms with Gasteiger partial charge in [-0.2, -0.15) is 5.10 Å². The fraction of sp³-hybridized carbons (Fsp3) is 0.357. The Hall–Kier alpha value is -0.800. The lowest BCUT2D eigenvalue weighted by atomic mass is 9.97. The average molecular weight is 328 g/mol. The van der Waals surface area contributed by atoms with Crippen LogP contribution < -0.4 is 0 Å². The Bertz CT molecular complexity index is 510. The molecule has 1 aromatic heterocycles. The number of hydrogen-bond donors (Lipinski definition) is 0. The van der Waals surface area contributed by atoms with Gasteiger partial charge >= 0.3 is 0 Å². The Balaban J connectivity index is 2.01. The van der Waals surface area contributed by atoms with Gasteiger partial charge in [-0.15, -0.1) is 0 Å². The minimum atomic E-state index is 0.540. The van der Waals surface area contributed by atoms with Gasteiger partial charge < -0.3 is 0 Å². The molecule has 0 N–H and O–H groups in total. The highest BCUT2D eigenvalue weighted by molar-refractivity contribution is 9.09. The van der Waals surface area contributed by atoms with Gasteiger partial charge in [-0.1, -0.05) is 39.7 Å². The van der Waals surface area contributed by atoms with Crippen LogP contribution in [0.4, 0.5) is 0 Å². The monoisotopic (exact) mass is 326 g/mol. The van der Waals surface area contributed by atoms with Crippen LogP contribution in [0, 0.1) is 5.92 Å². The molecule has 4 heteroatoms. The normalized spacial score (nSPS) is 12.6. The summed E-state index contributed by atoms with van der Waals surface area (Å²) in [6.45, 7) is 0. The maximum absolute atomic E-state index is 6.01. The minimum absolute atomic E-state index is 0.540. The van der Waals surface area contributed by atoms with Gasteiger partial charge in [0.05, 0.1) is 5.69 Å². The second-order valence-electron chi connectivity index (χ2n) is 4.54. The van der Waals surface area contributed by atoms with Gasteiger partial charge in [-0.05, 0) is 42.5 Å². The largest absolute Gasteiger partial charge is 0.276 e. The van der Waals surface area contributed by atoms with Crippen molar-refractivity contribution in [2.75, 3.05) is 5.33 Å². The number of aromatic nitrogens is 2. The first kappa shape index (κ1) is 13.6. The summed E-state index contributed by atoms with van der Waals surface area (Å²) in [5.74, 6) is 0.540. The van der Waals surface area contributed by atoms with Crippen LogP contribution in [0.25, 0.3) is 0 Å². The molecular weight excluding hydrogens is 312 g/mol. The standard InChI is InChI=1S/C14H16BrClN2/c1-18-6-5-14(17-18)9-12(10-15)7-11-3-2-4-13(16)8-11/h2-6,8,12H,7,9-10H2,1H3. The lowest BCUT2D eigenvalue weighted by Gasteiger charge is -2.12. The number of aryl methyl sites for hydroxylation is 1. The first-order chi connectivity index (χ1) is 8.67. The van der Waals surface area contributed by atoms with E-state index in [2.05, 4.69) is 33.2 Å². The highest BCUT2D eigenvalue weighted by Crippen LogP contribution is 2.18. The van der Waals surface area contributed by atoms with Crippen LogP contribution in [0.5, 0.6) is 0 Å². The van der Waals surface area contributed by atoms with E-state index >= 15 is 0 Å². The molecule has 96 valence electrons. The van der Waals surface area contributed by atoms with Crippen molar-refractivity contribution in [3.8, 4) is 0 Å². The van der Waals surface area contributed by atoms with E-state index in [4.69, 9.17) is 11.6 Å². The van der Waals surface area contributed by atoms with Crippen LogP contribution >= 0.6 is 27.5 Å². The van der Waals surface area contributed by atoms with Gasteiger partial charge in [-0.3, -0.25) is 4.68 Å². The molecule has 0 aliphatic heterocycles. The lowest BCUT2D eigenvalue weighted by molar-refractivity contribution is 0.574. The Morgan fingerprint density at radius 1 is 1.33 bits per heavy atom. The van der Waals surface area contributed by atoms with Crippen LogP contribution in [0.15, 0.2) is 36.5 Å². The number of nitrogens with zero attached hydrogens (tertiary/aromatic N) is 2. The first-order valence-corrected chi connectivity index (χ1v) is 7.46. The average Bonchev–Trinajstić information content (AvgIpc) is 2.74. The summed E-state index contributed by atoms with van der Waals surface area (Å²) in [4.78, 5) is 0. The van der Waals surface area contributed by atoms with Crippen molar-refractivity contribution < 1.29 is 0 Å². The molecule has 2 aromatic rings. The third-order valence-electron chi connectivity index (χ3n) is 2.90. The molecule has 0 saturated heterocycles. The van der Waals surface area contributed by atoms with E-state index in [0.717, 1.165) is 28.9 Å². The zero-order chi connectivity index (χ0) is 13.0. The van der Waals surface area contributed by atoms with Crippen molar-refractivity contribution in [2.24, 2.45) is 13.0 Å². The number of halogens is 2. The van der Waals surface area contributed by atoms with Crippen molar-refractivity contribution in [3.63, 3.8) is 0 Å². The summed E-state index contributed by atoms with van der Waals surface area (Å²) in [7, 11) is 1.95. The molecule has 1 atom stereocenters. The van der Waals surface area contributed by atoms with E-state index in [-0.39, 0.29) is 0 Å². The zero-order valence-corrected chi connectivity index (χ0v) is 12.7. The molecule has 0 amide bonds. The zero-order valence-electron chi connectivity index (χ0n) is 10.3. The van der Waals surface area contributed by atoms with Crippen LogP contribution in [-0.4, -0.2) is 15.1 Å². The molecule has 0 fully saturated rings. The maximum atomic E-state index is 6.01. The molecule has 18 heavy (non-hydrogen) atoms. The van der Waals surface area contributed by atoms with E-state index in [1.54, 1.807) is 0 Å². The number of hydrogen-bond acceptors (Lipinski definition) is 1. The topological polar surface area (TPSA) is 17.8 Å². The van der Waals surface area contributed by atoms with Crippen molar-refractivity contribution in [3.05, 3.63) is 52.8 Å². The third kappa shape index (κ3) is 3.85. The van der Waals surface area contributed by atoms with Gasteiger partial charge in [0.15, 0.2) is 0 Å². The molecule has 0 spiro atoms. The minimum Gasteiger partial charge on any atom is -0.276 e. The molecular formula is C14H16BrClN2. The summed E-state index contributed by atoms with van der Waals surface area (Å²) in [6, 6.07) is 10.2. The highest BCUT2D eigenvalue weighted by Gasteiger charge is 2.11. The molecule has 1 heterocycles. The lowest BCUT2D eigenvalue weighted by Crippen LogP contribution is -2.10. The van der Waals surface area contributed by atoms with Crippen molar-refractivity contribution in [1.82, 2.24) is 9.78 Å². The van der Waals surface area contributed by atoms with E-state index in [0.29, 0.717) is 5.92 Å². The Morgan fingerprint density at radius 3 is 2.78 bits per heavy atom. The van der Waals surface area contributed by atoms with Gasteiger partial charge in [0, 0.05) is 23.6 Å². The Labute approximate surface area is 121 Å². The molecule has 0 aliphatic carbocycles. The van der Waals surface area contributed by atoms with E-state index in [1.165, 1.54) is 5.56 Å². The molecule has 2 rings (SSSR count). The second-order valence-corrected chi connectivity index (χ2v) is 5.62. The summed E-state index contributed by atoms with van der Waals surface area (Å²) in [5, 5.41) is 6.20. The summed E-state index contributed by atoms with van der Waals surface area (Å²) in [5.41, 5.74) is 2.42. The molecule has 0 aliphatic rings. The number of alkyl halides is 1. The van der Waals surface area contributed by atoms with Crippen LogP contribution in [0.3, 0.4) is 0 Å². The SMILES string of the molecule is Cn1ccc(CC(CBr)Cc2cccc(Cl)c2)n1. The predicted molar refractivity (Wildman–Crippen MR) is 79.4 cm³/mol. The Kier molecular flexibility index (Phi) is 4.84. The van der Waals surface area contributed by atoms with Gasteiger partial charge in [0.25, 0.3) is 0 Å². The van der Waals surface area contributed by atoms with E-state index < -0.39 is 0 Å². The van der Waals surface area contributed by atoms with E-state index in [9.17, 15) is 0 Å². The van der Waals surface area contributed by atoms with Crippen LogP contribution in [-0.2, 0) is 19.9 Å². The smallest absolute Gasteiger partial charge is 0.0627 e. The molecule has 2 nitrogen and oxygen atoms in total. The van der Waals surface area contributed by atoms with Crippen LogP contribution in [0.1, 0.15) is 11.3 Å². The van der Waals surface area contributed by atoms with Crippen molar-refractivity contribution in [1.29, 1.82) is 0 Å². The van der Waals surface area contributed by atoms with Gasteiger partial charge in [0.1, 0.15) is 0 Å². The summed E-state index contributed by atoms with van der Waals surface area (Å²) in [6.07, 6.45) is 3.99. The fourth-order valence-electron chi connectivity index (χ4n) is 2.05. The Morgan fingerprint density at radius 2 is 2.17 bits per heavy atom. The fourth-order valence-corrected chi connectivity index (χ4v) is 2.72. The second kappa shape index (κ2) is 6.39. The predicted octanol–water partition coefficient (Wildman–Crippen LogP) is 3.87. The maximum Gasteiger partial charge on any atom is 0.0627 e. The van der Waals surface area contributed by atoms with Crippen molar-refractivity contribution in [2.45, 2.75) is 12.8 Å². The third-order valence-corrected chi connectivity index (χ3v) is 4.05. The molecule has 0 bridgehead atoms. The molecule has 0 radical (unpaired) electrons. The summed E-state index contributed by atoms with van der Waals surface area (Å²) >= 11 is 9.60.